The highest BCUT2D eigenvalue weighted by molar-refractivity contribution is 5.79. The van der Waals surface area contributed by atoms with Crippen molar-refractivity contribution in [1.29, 1.82) is 0 Å². The van der Waals surface area contributed by atoms with E-state index >= 15 is 0 Å². The quantitative estimate of drug-likeness (QED) is 0.630. The number of rotatable bonds is 7. The molecule has 8 heteroatoms. The molecule has 4 rings (SSSR count). The maximum Gasteiger partial charge on any atom is 0.224 e. The van der Waals surface area contributed by atoms with Gasteiger partial charge in [-0.2, -0.15) is 5.10 Å². The van der Waals surface area contributed by atoms with Crippen LogP contribution >= 0.6 is 0 Å². The minimum Gasteiger partial charge on any atom is -0.497 e. The fourth-order valence-electron chi connectivity index (χ4n) is 4.07. The van der Waals surface area contributed by atoms with Crippen molar-refractivity contribution in [2.75, 3.05) is 14.2 Å². The Balaban J connectivity index is 1.31. The lowest BCUT2D eigenvalue weighted by molar-refractivity contribution is -0.121. The van der Waals surface area contributed by atoms with Gasteiger partial charge >= 0.3 is 0 Å². The molecular weight excluding hydrogens is 394 g/mol. The lowest BCUT2D eigenvalue weighted by Gasteiger charge is -2.29. The van der Waals surface area contributed by atoms with E-state index in [9.17, 15) is 4.79 Å². The fourth-order valence-corrected chi connectivity index (χ4v) is 4.07. The molecule has 8 nitrogen and oxygen atoms in total. The van der Waals surface area contributed by atoms with E-state index in [0.29, 0.717) is 17.5 Å². The Morgan fingerprint density at radius 1 is 1.13 bits per heavy atom. The average molecular weight is 422 g/mol. The first kappa shape index (κ1) is 20.8. The van der Waals surface area contributed by atoms with E-state index in [4.69, 9.17) is 9.47 Å². The summed E-state index contributed by atoms with van der Waals surface area (Å²) in [5.74, 6) is 1.40. The maximum atomic E-state index is 12.6. The zero-order chi connectivity index (χ0) is 21.6. The number of carbonyl (C=O) groups excluding carboxylic acids is 1. The van der Waals surface area contributed by atoms with Crippen LogP contribution in [0.4, 0.5) is 0 Å². The first-order chi connectivity index (χ1) is 15.2. The fraction of sp³-hybridized carbons (Fsp3) is 0.391. The molecule has 0 atom stereocenters. The minimum atomic E-state index is -0.000898. The zero-order valence-electron chi connectivity index (χ0n) is 17.8. The van der Waals surface area contributed by atoms with Crippen LogP contribution in [0.2, 0.25) is 0 Å². The second kappa shape index (κ2) is 9.59. The van der Waals surface area contributed by atoms with Crippen LogP contribution in [0.25, 0.3) is 11.3 Å². The Bertz CT molecular complexity index is 1010. The molecule has 0 unspecified atom stereocenters. The Labute approximate surface area is 181 Å². The number of hydrogen-bond donors (Lipinski definition) is 1. The lowest BCUT2D eigenvalue weighted by Crippen LogP contribution is -2.38. The minimum absolute atomic E-state index is 0.000898. The molecule has 0 spiro atoms. The number of benzene rings is 1. The Morgan fingerprint density at radius 3 is 2.68 bits per heavy atom. The third-order valence-electron chi connectivity index (χ3n) is 5.73. The molecule has 1 amide bonds. The van der Waals surface area contributed by atoms with Gasteiger partial charge in [0.25, 0.3) is 0 Å². The van der Waals surface area contributed by atoms with Gasteiger partial charge in [0.15, 0.2) is 0 Å². The molecule has 3 aromatic rings. The summed E-state index contributed by atoms with van der Waals surface area (Å²) in [7, 11) is 3.22. The Hall–Kier alpha value is -3.42. The normalized spacial score (nSPS) is 18.4. The predicted octanol–water partition coefficient (Wildman–Crippen LogP) is 3.20. The molecule has 1 saturated carbocycles. The predicted molar refractivity (Wildman–Crippen MR) is 116 cm³/mol. The molecule has 0 aliphatic heterocycles. The standard InChI is InChI=1S/C23H27N5O3/c1-30-20-7-8-22(31-2)16(11-20)12-23(29)27-18-3-5-19(6-4-18)28-15-17(13-26-28)21-14-24-9-10-25-21/h7-11,13-15,18-19H,3-6,12H2,1-2H3,(H,27,29). The van der Waals surface area contributed by atoms with Gasteiger partial charge in [-0.3, -0.25) is 19.4 Å². The number of methoxy groups -OCH3 is 2. The highest BCUT2D eigenvalue weighted by Crippen LogP contribution is 2.30. The number of aromatic nitrogens is 4. The number of nitrogens with one attached hydrogen (secondary N) is 1. The molecule has 1 aliphatic rings. The van der Waals surface area contributed by atoms with Gasteiger partial charge in [0.1, 0.15) is 11.5 Å². The van der Waals surface area contributed by atoms with Gasteiger partial charge in [0.2, 0.25) is 5.91 Å². The molecule has 31 heavy (non-hydrogen) atoms. The summed E-state index contributed by atoms with van der Waals surface area (Å²) in [6.07, 6.45) is 13.0. The van der Waals surface area contributed by atoms with Gasteiger partial charge < -0.3 is 14.8 Å². The largest absolute Gasteiger partial charge is 0.497 e. The average Bonchev–Trinajstić information content (AvgIpc) is 3.30. The molecule has 1 aliphatic carbocycles. The lowest BCUT2D eigenvalue weighted by atomic mass is 9.91. The second-order valence-corrected chi connectivity index (χ2v) is 7.73. The molecule has 1 aromatic carbocycles. The van der Waals surface area contributed by atoms with Crippen LogP contribution in [0.3, 0.4) is 0 Å². The molecule has 0 bridgehead atoms. The summed E-state index contributed by atoms with van der Waals surface area (Å²) in [4.78, 5) is 21.1. The van der Waals surface area contributed by atoms with Crippen LogP contribution in [-0.2, 0) is 11.2 Å². The molecular formula is C23H27N5O3. The van der Waals surface area contributed by atoms with Gasteiger partial charge in [0, 0.05) is 35.8 Å². The topological polar surface area (TPSA) is 91.2 Å². The first-order valence-corrected chi connectivity index (χ1v) is 10.5. The van der Waals surface area contributed by atoms with E-state index in [2.05, 4.69) is 20.4 Å². The van der Waals surface area contributed by atoms with E-state index in [1.54, 1.807) is 32.8 Å². The Morgan fingerprint density at radius 2 is 1.97 bits per heavy atom. The third-order valence-corrected chi connectivity index (χ3v) is 5.73. The number of amides is 1. The van der Waals surface area contributed by atoms with Crippen molar-refractivity contribution in [3.8, 4) is 22.8 Å². The monoisotopic (exact) mass is 421 g/mol. The first-order valence-electron chi connectivity index (χ1n) is 10.5. The van der Waals surface area contributed by atoms with Crippen molar-refractivity contribution in [3.05, 3.63) is 54.7 Å². The molecule has 1 N–H and O–H groups in total. The van der Waals surface area contributed by atoms with Crippen molar-refractivity contribution in [2.24, 2.45) is 0 Å². The Kier molecular flexibility index (Phi) is 6.45. The molecule has 0 saturated heterocycles. The number of ether oxygens (including phenoxy) is 2. The maximum absolute atomic E-state index is 12.6. The summed E-state index contributed by atoms with van der Waals surface area (Å²) in [5.41, 5.74) is 2.61. The van der Waals surface area contributed by atoms with Crippen LogP contribution in [0.15, 0.2) is 49.2 Å². The molecule has 2 heterocycles. The van der Waals surface area contributed by atoms with Crippen LogP contribution in [0.1, 0.15) is 37.3 Å². The van der Waals surface area contributed by atoms with E-state index in [1.165, 1.54) is 0 Å². The van der Waals surface area contributed by atoms with Crippen LogP contribution in [0.5, 0.6) is 11.5 Å². The molecule has 1 fully saturated rings. The van der Waals surface area contributed by atoms with Crippen molar-refractivity contribution in [1.82, 2.24) is 25.1 Å². The van der Waals surface area contributed by atoms with E-state index in [1.807, 2.05) is 35.3 Å². The zero-order valence-corrected chi connectivity index (χ0v) is 17.8. The van der Waals surface area contributed by atoms with Gasteiger partial charge in [-0.15, -0.1) is 0 Å². The highest BCUT2D eigenvalue weighted by Gasteiger charge is 2.24. The summed E-state index contributed by atoms with van der Waals surface area (Å²) in [5, 5.41) is 7.71. The smallest absolute Gasteiger partial charge is 0.224 e. The molecule has 0 radical (unpaired) electrons. The van der Waals surface area contributed by atoms with Gasteiger partial charge in [-0.1, -0.05) is 0 Å². The van der Waals surface area contributed by atoms with Crippen molar-refractivity contribution in [2.45, 2.75) is 44.2 Å². The van der Waals surface area contributed by atoms with Crippen molar-refractivity contribution >= 4 is 5.91 Å². The van der Waals surface area contributed by atoms with Crippen LogP contribution < -0.4 is 14.8 Å². The van der Waals surface area contributed by atoms with E-state index in [-0.39, 0.29) is 18.4 Å². The highest BCUT2D eigenvalue weighted by atomic mass is 16.5. The number of nitrogens with zero attached hydrogens (tertiary/aromatic N) is 4. The molecule has 162 valence electrons. The summed E-state index contributed by atoms with van der Waals surface area (Å²) in [6, 6.07) is 6.01. The van der Waals surface area contributed by atoms with Gasteiger partial charge in [0.05, 0.1) is 44.8 Å². The van der Waals surface area contributed by atoms with Crippen molar-refractivity contribution in [3.63, 3.8) is 0 Å². The number of hydrogen-bond acceptors (Lipinski definition) is 6. The molecule has 2 aromatic heterocycles. The number of carbonyl (C=O) groups is 1. The SMILES string of the molecule is COc1ccc(OC)c(CC(=O)NC2CCC(n3cc(-c4cnccn4)cn3)CC2)c1. The second-order valence-electron chi connectivity index (χ2n) is 7.73. The van der Waals surface area contributed by atoms with Crippen LogP contribution in [0, 0.1) is 0 Å². The third kappa shape index (κ3) is 5.02. The summed E-state index contributed by atoms with van der Waals surface area (Å²) >= 11 is 0. The van der Waals surface area contributed by atoms with E-state index in [0.717, 1.165) is 42.5 Å². The van der Waals surface area contributed by atoms with Gasteiger partial charge in [-0.05, 0) is 43.9 Å². The summed E-state index contributed by atoms with van der Waals surface area (Å²) in [6.45, 7) is 0. The summed E-state index contributed by atoms with van der Waals surface area (Å²) < 4.78 is 12.7. The van der Waals surface area contributed by atoms with E-state index < -0.39 is 0 Å². The van der Waals surface area contributed by atoms with Crippen molar-refractivity contribution < 1.29 is 14.3 Å². The van der Waals surface area contributed by atoms with Gasteiger partial charge in [-0.25, -0.2) is 0 Å². The van der Waals surface area contributed by atoms with Crippen LogP contribution in [-0.4, -0.2) is 45.9 Å².